The summed E-state index contributed by atoms with van der Waals surface area (Å²) in [5.41, 5.74) is 4.68. The van der Waals surface area contributed by atoms with Gasteiger partial charge in [0.25, 0.3) is 5.95 Å². The second-order valence-corrected chi connectivity index (χ2v) is 7.87. The second kappa shape index (κ2) is 11.9. The van der Waals surface area contributed by atoms with Crippen molar-refractivity contribution in [1.29, 1.82) is 0 Å². The monoisotopic (exact) mass is 514 g/mol. The van der Waals surface area contributed by atoms with Crippen molar-refractivity contribution in [2.24, 2.45) is 12.1 Å². The molecule has 3 atom stereocenters. The van der Waals surface area contributed by atoms with Crippen LogP contribution < -0.4 is 5.43 Å². The van der Waals surface area contributed by atoms with Crippen LogP contribution in [0.15, 0.2) is 29.4 Å². The average molecular weight is 514 g/mol. The van der Waals surface area contributed by atoms with Gasteiger partial charge in [-0.05, 0) is 6.07 Å². The maximum Gasteiger partial charge on any atom is 0.303 e. The molecule has 0 unspecified atom stereocenters. The van der Waals surface area contributed by atoms with Crippen molar-refractivity contribution in [2.45, 2.75) is 46.0 Å². The second-order valence-electron chi connectivity index (χ2n) is 7.87. The van der Waals surface area contributed by atoms with Crippen LogP contribution in [0.5, 0.6) is 0 Å². The Kier molecular flexibility index (Phi) is 8.66. The van der Waals surface area contributed by atoms with Gasteiger partial charge in [0.2, 0.25) is 0 Å². The number of anilines is 1. The first-order chi connectivity index (χ1) is 17.6. The summed E-state index contributed by atoms with van der Waals surface area (Å²) in [7, 11) is 1.84. The van der Waals surface area contributed by atoms with Crippen molar-refractivity contribution >= 4 is 58.1 Å². The van der Waals surface area contributed by atoms with Crippen molar-refractivity contribution in [2.75, 3.05) is 12.0 Å². The molecule has 0 saturated carbocycles. The standard InChI is InChI=1S/C23H26N6O8/c1-12(30)34-11-19(36-14(3)32)21(37-15(4)33)18(35-13(2)31)10-24-27-23-25-22-20(26-28-23)16-8-6-7-9-17(16)29(22)5/h6-10,18-19,21H,11H2,1-5H3,(H,25,27,28)/b24-10+/t18-,19+,21+/m0/s1. The number of benzene rings is 1. The summed E-state index contributed by atoms with van der Waals surface area (Å²) in [6, 6.07) is 7.63. The molecule has 3 aromatic rings. The van der Waals surface area contributed by atoms with Gasteiger partial charge in [0.05, 0.1) is 11.7 Å². The summed E-state index contributed by atoms with van der Waals surface area (Å²) in [5, 5.41) is 13.1. The van der Waals surface area contributed by atoms with E-state index in [-0.39, 0.29) is 5.95 Å². The number of carbonyl (C=O) groups excluding carboxylic acids is 4. The van der Waals surface area contributed by atoms with Crippen LogP contribution in [0.3, 0.4) is 0 Å². The Bertz CT molecular complexity index is 1350. The molecule has 0 amide bonds. The van der Waals surface area contributed by atoms with Gasteiger partial charge in [-0.1, -0.05) is 18.2 Å². The highest BCUT2D eigenvalue weighted by atomic mass is 16.6. The van der Waals surface area contributed by atoms with Crippen LogP contribution in [-0.2, 0) is 45.2 Å². The van der Waals surface area contributed by atoms with Crippen molar-refractivity contribution < 1.29 is 38.1 Å². The third kappa shape index (κ3) is 6.96. The van der Waals surface area contributed by atoms with E-state index < -0.39 is 48.8 Å². The Morgan fingerprint density at radius 1 is 0.973 bits per heavy atom. The van der Waals surface area contributed by atoms with Crippen molar-refractivity contribution in [3.8, 4) is 0 Å². The van der Waals surface area contributed by atoms with E-state index in [0.717, 1.165) is 44.8 Å². The van der Waals surface area contributed by atoms with E-state index in [1.807, 2.05) is 35.9 Å². The number of nitrogens with one attached hydrogen (secondary N) is 1. The highest BCUT2D eigenvalue weighted by Gasteiger charge is 2.37. The third-order valence-electron chi connectivity index (χ3n) is 4.96. The predicted octanol–water partition coefficient (Wildman–Crippen LogP) is 1.27. The Morgan fingerprint density at radius 2 is 1.65 bits per heavy atom. The van der Waals surface area contributed by atoms with Crippen molar-refractivity contribution in [1.82, 2.24) is 19.7 Å². The number of hydrogen-bond donors (Lipinski definition) is 1. The lowest BCUT2D eigenvalue weighted by molar-refractivity contribution is -0.183. The van der Waals surface area contributed by atoms with E-state index in [1.165, 1.54) is 0 Å². The topological polar surface area (TPSA) is 173 Å². The number of carbonyl (C=O) groups is 4. The van der Waals surface area contributed by atoms with Crippen molar-refractivity contribution in [3.05, 3.63) is 24.3 Å². The molecule has 2 aromatic heterocycles. The van der Waals surface area contributed by atoms with E-state index in [4.69, 9.17) is 18.9 Å². The predicted molar refractivity (Wildman–Crippen MR) is 129 cm³/mol. The Labute approximate surface area is 210 Å². The Morgan fingerprint density at radius 3 is 2.30 bits per heavy atom. The lowest BCUT2D eigenvalue weighted by Gasteiger charge is -2.29. The van der Waals surface area contributed by atoms with Gasteiger partial charge in [0.15, 0.2) is 24.0 Å². The molecule has 196 valence electrons. The maximum atomic E-state index is 11.8. The minimum Gasteiger partial charge on any atom is -0.462 e. The number of hydrogen-bond acceptors (Lipinski definition) is 13. The molecule has 37 heavy (non-hydrogen) atoms. The van der Waals surface area contributed by atoms with Crippen LogP contribution in [0.25, 0.3) is 22.1 Å². The summed E-state index contributed by atoms with van der Waals surface area (Å²) in [5.74, 6) is -2.87. The first kappa shape index (κ1) is 27.0. The molecule has 14 nitrogen and oxygen atoms in total. The van der Waals surface area contributed by atoms with Crippen LogP contribution in [0.4, 0.5) is 5.95 Å². The van der Waals surface area contributed by atoms with Crippen LogP contribution in [0, 0.1) is 0 Å². The lowest BCUT2D eigenvalue weighted by atomic mass is 10.1. The van der Waals surface area contributed by atoms with Crippen LogP contribution in [-0.4, -0.2) is 74.8 Å². The number of fused-ring (bicyclic) bond motifs is 3. The molecule has 0 aliphatic heterocycles. The van der Waals surface area contributed by atoms with Gasteiger partial charge in [0, 0.05) is 40.1 Å². The maximum absolute atomic E-state index is 11.8. The van der Waals surface area contributed by atoms with Gasteiger partial charge in [-0.25, -0.2) is 5.43 Å². The summed E-state index contributed by atoms with van der Waals surface area (Å²) in [4.78, 5) is 51.0. The molecule has 0 saturated heterocycles. The lowest BCUT2D eigenvalue weighted by Crippen LogP contribution is -2.48. The van der Waals surface area contributed by atoms with E-state index in [9.17, 15) is 19.2 Å². The van der Waals surface area contributed by atoms with Crippen molar-refractivity contribution in [3.63, 3.8) is 0 Å². The fraction of sp³-hybridized carbons (Fsp3) is 0.391. The largest absolute Gasteiger partial charge is 0.462 e. The Balaban J connectivity index is 1.89. The number of nitrogens with zero attached hydrogens (tertiary/aromatic N) is 5. The number of hydrazone groups is 1. The molecule has 1 N–H and O–H groups in total. The van der Waals surface area contributed by atoms with Gasteiger partial charge < -0.3 is 23.5 Å². The molecule has 0 aliphatic rings. The normalized spacial score (nSPS) is 13.6. The zero-order valence-corrected chi connectivity index (χ0v) is 20.8. The van der Waals surface area contributed by atoms with Gasteiger partial charge in [-0.3, -0.25) is 19.2 Å². The summed E-state index contributed by atoms with van der Waals surface area (Å²) in [6.07, 6.45) is -2.93. The number of aryl methyl sites for hydroxylation is 1. The number of rotatable bonds is 10. The van der Waals surface area contributed by atoms with E-state index in [2.05, 4.69) is 25.7 Å². The van der Waals surface area contributed by atoms with Gasteiger partial charge in [0.1, 0.15) is 12.1 Å². The van der Waals surface area contributed by atoms with Gasteiger partial charge in [-0.2, -0.15) is 10.1 Å². The summed E-state index contributed by atoms with van der Waals surface area (Å²) >= 11 is 0. The van der Waals surface area contributed by atoms with Crippen LogP contribution in [0.1, 0.15) is 27.7 Å². The SMILES string of the molecule is CC(=O)OC[C@@H](OC(C)=O)[C@H](OC(C)=O)[C@H](/C=N/Nc1nnc2c3ccccc3n(C)c2n1)OC(C)=O. The van der Waals surface area contributed by atoms with Gasteiger partial charge in [-0.15, -0.1) is 10.2 Å². The summed E-state index contributed by atoms with van der Waals surface area (Å²) in [6.45, 7) is 4.06. The fourth-order valence-corrected chi connectivity index (χ4v) is 3.55. The van der Waals surface area contributed by atoms with E-state index in [0.29, 0.717) is 11.2 Å². The van der Waals surface area contributed by atoms with Crippen LogP contribution >= 0.6 is 0 Å². The summed E-state index contributed by atoms with van der Waals surface area (Å²) < 4.78 is 22.5. The fourth-order valence-electron chi connectivity index (χ4n) is 3.55. The molecule has 0 aliphatic carbocycles. The molecule has 0 fully saturated rings. The molecule has 0 bridgehead atoms. The third-order valence-corrected chi connectivity index (χ3v) is 4.96. The number of aromatic nitrogens is 4. The van der Waals surface area contributed by atoms with E-state index >= 15 is 0 Å². The molecule has 0 spiro atoms. The molecular weight excluding hydrogens is 488 g/mol. The number of para-hydroxylation sites is 1. The van der Waals surface area contributed by atoms with E-state index in [1.54, 1.807) is 0 Å². The zero-order chi connectivity index (χ0) is 27.1. The highest BCUT2D eigenvalue weighted by molar-refractivity contribution is 6.04. The smallest absolute Gasteiger partial charge is 0.303 e. The molecule has 3 rings (SSSR count). The minimum atomic E-state index is -1.39. The molecule has 14 heteroatoms. The Hall–Kier alpha value is -4.62. The quantitative estimate of drug-likeness (QED) is 0.178. The first-order valence-electron chi connectivity index (χ1n) is 11.1. The average Bonchev–Trinajstić information content (AvgIpc) is 3.11. The first-order valence-corrected chi connectivity index (χ1v) is 11.1. The number of esters is 4. The molecule has 1 aromatic carbocycles. The number of ether oxygens (including phenoxy) is 4. The molecule has 0 radical (unpaired) electrons. The minimum absolute atomic E-state index is 0.0386. The van der Waals surface area contributed by atoms with Gasteiger partial charge >= 0.3 is 23.9 Å². The van der Waals surface area contributed by atoms with Crippen LogP contribution in [0.2, 0.25) is 0 Å². The zero-order valence-electron chi connectivity index (χ0n) is 20.8. The highest BCUT2D eigenvalue weighted by Crippen LogP contribution is 2.24. The molecular formula is C23H26N6O8. The molecule has 2 heterocycles.